The predicted molar refractivity (Wildman–Crippen MR) is 133 cm³/mol. The van der Waals surface area contributed by atoms with Crippen LogP contribution in [0.4, 0.5) is 0 Å². The van der Waals surface area contributed by atoms with Crippen molar-refractivity contribution in [3.63, 3.8) is 0 Å². The van der Waals surface area contributed by atoms with Crippen molar-refractivity contribution in [3.8, 4) is 0 Å². The van der Waals surface area contributed by atoms with E-state index in [1.165, 1.54) is 36.2 Å². The number of amides is 2. The van der Waals surface area contributed by atoms with Crippen LogP contribution >= 0.6 is 11.6 Å². The maximum absolute atomic E-state index is 13.3. The van der Waals surface area contributed by atoms with E-state index in [9.17, 15) is 18.0 Å². The van der Waals surface area contributed by atoms with Crippen LogP contribution in [-0.2, 0) is 26.0 Å². The zero-order valence-electron chi connectivity index (χ0n) is 19.6. The Labute approximate surface area is 207 Å². The first kappa shape index (κ1) is 26.2. The second-order valence-corrected chi connectivity index (χ2v) is 11.2. The van der Waals surface area contributed by atoms with Gasteiger partial charge in [0, 0.05) is 24.7 Å². The van der Waals surface area contributed by atoms with Crippen molar-refractivity contribution in [3.05, 3.63) is 65.2 Å². The minimum absolute atomic E-state index is 0.0510. The molecule has 0 radical (unpaired) electrons. The van der Waals surface area contributed by atoms with Crippen LogP contribution in [0.1, 0.15) is 38.2 Å². The zero-order chi connectivity index (χ0) is 24.7. The Morgan fingerprint density at radius 2 is 1.68 bits per heavy atom. The van der Waals surface area contributed by atoms with E-state index in [0.29, 0.717) is 18.0 Å². The molecule has 34 heavy (non-hydrogen) atoms. The number of halogens is 1. The Balaban J connectivity index is 1.74. The number of rotatable bonds is 10. The largest absolute Gasteiger partial charge is 0.352 e. The molecular weight excluding hydrogens is 474 g/mol. The quantitative estimate of drug-likeness (QED) is 0.535. The number of sulfonamides is 1. The predicted octanol–water partition coefficient (Wildman–Crippen LogP) is 3.48. The molecule has 1 N–H and O–H groups in total. The molecule has 0 aliphatic heterocycles. The van der Waals surface area contributed by atoms with E-state index in [0.717, 1.165) is 35.6 Å². The van der Waals surface area contributed by atoms with Crippen molar-refractivity contribution in [2.24, 2.45) is 0 Å². The molecule has 1 atom stereocenters. The highest BCUT2D eigenvalue weighted by Gasteiger charge is 2.31. The minimum Gasteiger partial charge on any atom is -0.352 e. The molecule has 0 bridgehead atoms. The summed E-state index contributed by atoms with van der Waals surface area (Å²) in [5.41, 5.74) is 1.03. The summed E-state index contributed by atoms with van der Waals surface area (Å²) in [6.45, 7) is 1.62. The third-order valence-electron chi connectivity index (χ3n) is 6.23. The molecule has 1 saturated carbocycles. The van der Waals surface area contributed by atoms with Gasteiger partial charge in [0.05, 0.1) is 11.4 Å². The van der Waals surface area contributed by atoms with Crippen LogP contribution in [0, 0.1) is 0 Å². The maximum atomic E-state index is 13.3. The van der Waals surface area contributed by atoms with Gasteiger partial charge in [-0.05, 0) is 56.0 Å². The van der Waals surface area contributed by atoms with Crippen LogP contribution in [0.15, 0.2) is 59.5 Å². The Morgan fingerprint density at radius 3 is 2.29 bits per heavy atom. The summed E-state index contributed by atoms with van der Waals surface area (Å²) in [5, 5.41) is 3.47. The summed E-state index contributed by atoms with van der Waals surface area (Å²) < 4.78 is 26.9. The van der Waals surface area contributed by atoms with Gasteiger partial charge >= 0.3 is 0 Å². The van der Waals surface area contributed by atoms with Gasteiger partial charge in [0.15, 0.2) is 0 Å². The van der Waals surface area contributed by atoms with Crippen molar-refractivity contribution < 1.29 is 18.0 Å². The highest BCUT2D eigenvalue weighted by atomic mass is 35.5. The first-order valence-electron chi connectivity index (χ1n) is 11.5. The highest BCUT2D eigenvalue weighted by molar-refractivity contribution is 7.89. The van der Waals surface area contributed by atoms with Gasteiger partial charge in [-0.1, -0.05) is 54.8 Å². The van der Waals surface area contributed by atoms with Crippen molar-refractivity contribution in [2.75, 3.05) is 20.1 Å². The Bertz CT molecular complexity index is 1070. The van der Waals surface area contributed by atoms with Gasteiger partial charge in [0.2, 0.25) is 21.8 Å². The number of hydrogen-bond acceptors (Lipinski definition) is 4. The van der Waals surface area contributed by atoms with Crippen LogP contribution < -0.4 is 5.32 Å². The first-order valence-corrected chi connectivity index (χ1v) is 13.4. The molecule has 1 aliphatic carbocycles. The fourth-order valence-corrected chi connectivity index (χ4v) is 5.36. The molecule has 2 aromatic carbocycles. The Morgan fingerprint density at radius 1 is 1.06 bits per heavy atom. The molecule has 0 heterocycles. The second kappa shape index (κ2) is 11.8. The summed E-state index contributed by atoms with van der Waals surface area (Å²) in [4.78, 5) is 27.8. The number of likely N-dealkylation sites (N-methyl/N-ethyl adjacent to an activating group) is 1. The molecule has 2 amide bonds. The lowest BCUT2D eigenvalue weighted by atomic mass is 10.1. The normalized spacial score (nSPS) is 15.3. The molecule has 9 heteroatoms. The number of hydrogen-bond donors (Lipinski definition) is 1. The van der Waals surface area contributed by atoms with Crippen molar-refractivity contribution in [1.82, 2.24) is 14.5 Å². The third-order valence-corrected chi connectivity index (χ3v) is 8.30. The minimum atomic E-state index is -3.89. The summed E-state index contributed by atoms with van der Waals surface area (Å²) in [6.07, 6.45) is 4.62. The topological polar surface area (TPSA) is 86.8 Å². The van der Waals surface area contributed by atoms with Gasteiger partial charge < -0.3 is 10.2 Å². The lowest BCUT2D eigenvalue weighted by Crippen LogP contribution is -2.53. The van der Waals surface area contributed by atoms with Crippen molar-refractivity contribution >= 4 is 33.4 Å². The highest BCUT2D eigenvalue weighted by Crippen LogP contribution is 2.19. The molecular formula is C25H32ClN3O4S. The van der Waals surface area contributed by atoms with E-state index >= 15 is 0 Å². The molecule has 2 aromatic rings. The van der Waals surface area contributed by atoms with E-state index in [1.54, 1.807) is 6.92 Å². The number of carbonyl (C=O) groups is 2. The number of nitrogens with zero attached hydrogens (tertiary/aromatic N) is 2. The summed E-state index contributed by atoms with van der Waals surface area (Å²) in [7, 11) is -2.53. The molecule has 0 spiro atoms. The molecule has 1 fully saturated rings. The van der Waals surface area contributed by atoms with Crippen LogP contribution in [0.5, 0.6) is 0 Å². The van der Waals surface area contributed by atoms with Crippen LogP contribution in [0.2, 0.25) is 5.02 Å². The molecule has 0 aromatic heterocycles. The van der Waals surface area contributed by atoms with E-state index in [4.69, 9.17) is 11.6 Å². The molecule has 1 aliphatic rings. The third kappa shape index (κ3) is 6.81. The number of benzene rings is 2. The van der Waals surface area contributed by atoms with E-state index < -0.39 is 22.0 Å². The van der Waals surface area contributed by atoms with Crippen LogP contribution in [0.3, 0.4) is 0 Å². The molecule has 0 unspecified atom stereocenters. The summed E-state index contributed by atoms with van der Waals surface area (Å²) in [6, 6.07) is 14.9. The summed E-state index contributed by atoms with van der Waals surface area (Å²) in [5.74, 6) is -0.637. The lowest BCUT2D eigenvalue weighted by Gasteiger charge is -2.31. The van der Waals surface area contributed by atoms with Crippen LogP contribution in [-0.4, -0.2) is 61.7 Å². The fraction of sp³-hybridized carbons (Fsp3) is 0.440. The van der Waals surface area contributed by atoms with Crippen molar-refractivity contribution in [1.29, 1.82) is 0 Å². The van der Waals surface area contributed by atoms with Gasteiger partial charge in [-0.3, -0.25) is 9.59 Å². The number of carbonyl (C=O) groups excluding carboxylic acids is 2. The zero-order valence-corrected chi connectivity index (χ0v) is 21.2. The fourth-order valence-electron chi connectivity index (χ4n) is 4.11. The lowest BCUT2D eigenvalue weighted by molar-refractivity contribution is -0.140. The Hall–Kier alpha value is -2.42. The van der Waals surface area contributed by atoms with Gasteiger partial charge in [0.25, 0.3) is 0 Å². The van der Waals surface area contributed by atoms with Crippen LogP contribution in [0.25, 0.3) is 0 Å². The maximum Gasteiger partial charge on any atom is 0.243 e. The van der Waals surface area contributed by atoms with Gasteiger partial charge in [-0.25, -0.2) is 8.42 Å². The van der Waals surface area contributed by atoms with Gasteiger partial charge in [-0.15, -0.1) is 0 Å². The van der Waals surface area contributed by atoms with Gasteiger partial charge in [-0.2, -0.15) is 4.31 Å². The van der Waals surface area contributed by atoms with E-state index in [1.807, 2.05) is 30.3 Å². The molecule has 3 rings (SSSR count). The van der Waals surface area contributed by atoms with Crippen molar-refractivity contribution in [2.45, 2.75) is 56.0 Å². The average molecular weight is 506 g/mol. The SMILES string of the molecule is C[C@H](C(=O)NC1CCCC1)N(CCc1ccccc1)C(=O)CN(C)S(=O)(=O)c1ccc(Cl)cc1. The number of nitrogens with one attached hydrogen (secondary N) is 1. The molecule has 0 saturated heterocycles. The van der Waals surface area contributed by atoms with E-state index in [-0.39, 0.29) is 23.4 Å². The van der Waals surface area contributed by atoms with Gasteiger partial charge in [0.1, 0.15) is 6.04 Å². The summed E-state index contributed by atoms with van der Waals surface area (Å²) >= 11 is 5.87. The standard InChI is InChI=1S/C25H32ClN3O4S/c1-19(25(31)27-22-10-6-7-11-22)29(17-16-20-8-4-3-5-9-20)24(30)18-28(2)34(32,33)23-14-12-21(26)13-15-23/h3-5,8-9,12-15,19,22H,6-7,10-11,16-18H2,1-2H3,(H,27,31)/t19-/m1/s1. The average Bonchev–Trinajstić information content (AvgIpc) is 3.33. The monoisotopic (exact) mass is 505 g/mol. The van der Waals surface area contributed by atoms with E-state index in [2.05, 4.69) is 5.32 Å². The first-order chi connectivity index (χ1) is 16.2. The smallest absolute Gasteiger partial charge is 0.243 e. The second-order valence-electron chi connectivity index (χ2n) is 8.70. The Kier molecular flexibility index (Phi) is 9.10. The molecule has 7 nitrogen and oxygen atoms in total. The molecule has 184 valence electrons.